The van der Waals surface area contributed by atoms with Gasteiger partial charge in [-0.05, 0) is 23.9 Å². The van der Waals surface area contributed by atoms with Crippen LogP contribution in [0.5, 0.6) is 0 Å². The molecule has 0 saturated carbocycles. The van der Waals surface area contributed by atoms with Gasteiger partial charge in [0, 0.05) is 5.38 Å². The minimum Gasteiger partial charge on any atom is -0.295 e. The SMILES string of the molecule is Cc1ccsc1-c1csc(C=O)n1. The van der Waals surface area contributed by atoms with Gasteiger partial charge in [0.05, 0.1) is 10.6 Å². The van der Waals surface area contributed by atoms with E-state index in [2.05, 4.69) is 11.1 Å². The Balaban J connectivity index is 2.46. The van der Waals surface area contributed by atoms with Gasteiger partial charge in [-0.1, -0.05) is 0 Å². The van der Waals surface area contributed by atoms with Gasteiger partial charge >= 0.3 is 0 Å². The molecule has 13 heavy (non-hydrogen) atoms. The molecule has 2 aromatic rings. The number of carbonyl (C=O) groups excluding carboxylic acids is 1. The molecule has 0 aliphatic heterocycles. The summed E-state index contributed by atoms with van der Waals surface area (Å²) in [4.78, 5) is 15.8. The van der Waals surface area contributed by atoms with Crippen LogP contribution in [0.25, 0.3) is 10.6 Å². The summed E-state index contributed by atoms with van der Waals surface area (Å²) in [5, 5.41) is 4.50. The number of rotatable bonds is 2. The molecule has 0 aromatic carbocycles. The molecule has 0 unspecified atom stereocenters. The molecule has 0 spiro atoms. The lowest BCUT2D eigenvalue weighted by Gasteiger charge is -1.91. The van der Waals surface area contributed by atoms with Crippen molar-refractivity contribution in [2.24, 2.45) is 0 Å². The zero-order valence-corrected chi connectivity index (χ0v) is 8.61. The lowest BCUT2D eigenvalue weighted by atomic mass is 10.2. The van der Waals surface area contributed by atoms with Gasteiger partial charge < -0.3 is 0 Å². The molecule has 0 bridgehead atoms. The van der Waals surface area contributed by atoms with E-state index in [1.165, 1.54) is 16.9 Å². The van der Waals surface area contributed by atoms with E-state index < -0.39 is 0 Å². The van der Waals surface area contributed by atoms with Crippen LogP contribution in [0, 0.1) is 6.92 Å². The number of aromatic nitrogens is 1. The van der Waals surface area contributed by atoms with Crippen LogP contribution in [0.15, 0.2) is 16.8 Å². The number of thiophene rings is 1. The molecule has 0 atom stereocenters. The molecule has 0 N–H and O–H groups in total. The number of aryl methyl sites for hydroxylation is 1. The minimum absolute atomic E-state index is 0.544. The van der Waals surface area contributed by atoms with Crippen LogP contribution in [-0.2, 0) is 0 Å². The maximum Gasteiger partial charge on any atom is 0.178 e. The predicted molar refractivity (Wildman–Crippen MR) is 55.6 cm³/mol. The molecule has 4 heteroatoms. The normalized spacial score (nSPS) is 10.2. The second kappa shape index (κ2) is 3.40. The first-order chi connectivity index (χ1) is 6.31. The van der Waals surface area contributed by atoms with E-state index in [9.17, 15) is 4.79 Å². The molecule has 66 valence electrons. The van der Waals surface area contributed by atoms with Gasteiger partial charge in [-0.3, -0.25) is 4.79 Å². The molecule has 0 radical (unpaired) electrons. The van der Waals surface area contributed by atoms with Crippen molar-refractivity contribution in [3.8, 4) is 10.6 Å². The molecule has 0 saturated heterocycles. The van der Waals surface area contributed by atoms with E-state index in [4.69, 9.17) is 0 Å². The third kappa shape index (κ3) is 1.55. The molecule has 2 nitrogen and oxygen atoms in total. The fourth-order valence-electron chi connectivity index (χ4n) is 1.08. The molecule has 0 amide bonds. The van der Waals surface area contributed by atoms with Crippen LogP contribution in [0.2, 0.25) is 0 Å². The average molecular weight is 209 g/mol. The fourth-order valence-corrected chi connectivity index (χ4v) is 2.65. The number of aldehydes is 1. The van der Waals surface area contributed by atoms with E-state index in [1.54, 1.807) is 11.3 Å². The smallest absolute Gasteiger partial charge is 0.178 e. The van der Waals surface area contributed by atoms with Gasteiger partial charge in [0.2, 0.25) is 0 Å². The van der Waals surface area contributed by atoms with Crippen LogP contribution in [-0.4, -0.2) is 11.3 Å². The highest BCUT2D eigenvalue weighted by atomic mass is 32.1. The summed E-state index contributed by atoms with van der Waals surface area (Å²) < 4.78 is 0. The van der Waals surface area contributed by atoms with Gasteiger partial charge in [-0.25, -0.2) is 4.98 Å². The quantitative estimate of drug-likeness (QED) is 0.712. The van der Waals surface area contributed by atoms with E-state index in [1.807, 2.05) is 17.7 Å². The maximum absolute atomic E-state index is 10.4. The van der Waals surface area contributed by atoms with Gasteiger partial charge in [0.25, 0.3) is 0 Å². The molecular weight excluding hydrogens is 202 g/mol. The zero-order valence-electron chi connectivity index (χ0n) is 6.98. The summed E-state index contributed by atoms with van der Waals surface area (Å²) in [7, 11) is 0. The monoisotopic (exact) mass is 209 g/mol. The molecular formula is C9H7NOS2. The first kappa shape index (κ1) is 8.59. The Morgan fingerprint density at radius 2 is 2.31 bits per heavy atom. The third-order valence-corrected chi connectivity index (χ3v) is 3.53. The molecule has 0 aliphatic carbocycles. The Labute approximate surface area is 83.9 Å². The van der Waals surface area contributed by atoms with Crippen LogP contribution < -0.4 is 0 Å². The first-order valence-corrected chi connectivity index (χ1v) is 5.52. The second-order valence-electron chi connectivity index (χ2n) is 2.62. The van der Waals surface area contributed by atoms with Gasteiger partial charge in [0.1, 0.15) is 0 Å². The van der Waals surface area contributed by atoms with Crippen molar-refractivity contribution in [1.82, 2.24) is 4.98 Å². The summed E-state index contributed by atoms with van der Waals surface area (Å²) in [6.45, 7) is 2.05. The summed E-state index contributed by atoms with van der Waals surface area (Å²) in [5.74, 6) is 0. The lowest BCUT2D eigenvalue weighted by molar-refractivity contribution is 0.112. The van der Waals surface area contributed by atoms with Crippen LogP contribution >= 0.6 is 22.7 Å². The van der Waals surface area contributed by atoms with E-state index in [0.717, 1.165) is 16.9 Å². The van der Waals surface area contributed by atoms with Crippen molar-refractivity contribution in [3.63, 3.8) is 0 Å². The number of nitrogens with zero attached hydrogens (tertiary/aromatic N) is 1. The van der Waals surface area contributed by atoms with E-state index >= 15 is 0 Å². The van der Waals surface area contributed by atoms with Crippen molar-refractivity contribution in [2.75, 3.05) is 0 Å². The van der Waals surface area contributed by atoms with Gasteiger partial charge in [-0.2, -0.15) is 0 Å². The average Bonchev–Trinajstić information content (AvgIpc) is 2.71. The molecule has 2 aromatic heterocycles. The predicted octanol–water partition coefficient (Wildman–Crippen LogP) is 2.99. The maximum atomic E-state index is 10.4. The summed E-state index contributed by atoms with van der Waals surface area (Å²) in [5.41, 5.74) is 2.13. The Bertz CT molecular complexity index is 430. The number of hydrogen-bond acceptors (Lipinski definition) is 4. The summed E-state index contributed by atoms with van der Waals surface area (Å²) in [6, 6.07) is 2.06. The van der Waals surface area contributed by atoms with Crippen molar-refractivity contribution in [3.05, 3.63) is 27.4 Å². The lowest BCUT2D eigenvalue weighted by Crippen LogP contribution is -1.78. The number of hydrogen-bond donors (Lipinski definition) is 0. The van der Waals surface area contributed by atoms with Crippen molar-refractivity contribution in [2.45, 2.75) is 6.92 Å². The summed E-state index contributed by atoms with van der Waals surface area (Å²) in [6.07, 6.45) is 0.789. The van der Waals surface area contributed by atoms with Crippen molar-refractivity contribution < 1.29 is 4.79 Å². The molecule has 0 aliphatic rings. The van der Waals surface area contributed by atoms with Crippen molar-refractivity contribution >= 4 is 29.0 Å². The molecule has 0 fully saturated rings. The van der Waals surface area contributed by atoms with Gasteiger partial charge in [0.15, 0.2) is 11.3 Å². The molecule has 2 rings (SSSR count). The number of thiazole rings is 1. The van der Waals surface area contributed by atoms with Crippen LogP contribution in [0.3, 0.4) is 0 Å². The van der Waals surface area contributed by atoms with E-state index in [0.29, 0.717) is 5.01 Å². The Hall–Kier alpha value is -1.00. The second-order valence-corrected chi connectivity index (χ2v) is 4.43. The summed E-state index contributed by atoms with van der Waals surface area (Å²) >= 11 is 3.04. The van der Waals surface area contributed by atoms with Gasteiger partial charge in [-0.15, -0.1) is 22.7 Å². The Kier molecular flexibility index (Phi) is 2.24. The van der Waals surface area contributed by atoms with Crippen molar-refractivity contribution in [1.29, 1.82) is 0 Å². The standard InChI is InChI=1S/C9H7NOS2/c1-6-2-3-12-9(6)7-5-13-8(4-11)10-7/h2-5H,1H3. The molecule has 2 heterocycles. The first-order valence-electron chi connectivity index (χ1n) is 3.76. The number of carbonyl (C=O) groups is 1. The van der Waals surface area contributed by atoms with Crippen LogP contribution in [0.4, 0.5) is 0 Å². The Morgan fingerprint density at radius 1 is 1.46 bits per heavy atom. The third-order valence-electron chi connectivity index (χ3n) is 1.72. The Morgan fingerprint density at radius 3 is 2.85 bits per heavy atom. The topological polar surface area (TPSA) is 30.0 Å². The van der Waals surface area contributed by atoms with Crippen LogP contribution in [0.1, 0.15) is 15.4 Å². The minimum atomic E-state index is 0.544. The van der Waals surface area contributed by atoms with E-state index in [-0.39, 0.29) is 0 Å². The highest BCUT2D eigenvalue weighted by molar-refractivity contribution is 7.15. The zero-order chi connectivity index (χ0) is 9.26. The highest BCUT2D eigenvalue weighted by Crippen LogP contribution is 2.29. The highest BCUT2D eigenvalue weighted by Gasteiger charge is 2.07. The fraction of sp³-hybridized carbons (Fsp3) is 0.111. The largest absolute Gasteiger partial charge is 0.295 e.